The Balaban J connectivity index is 2.68. The molecule has 0 radical (unpaired) electrons. The Bertz CT molecular complexity index is 662. The molecular weight excluding hydrogens is 344 g/mol. The molecule has 1 atom stereocenters. The number of rotatable bonds is 9. The van der Waals surface area contributed by atoms with Crippen molar-refractivity contribution in [1.82, 2.24) is 0 Å². The molecule has 0 aliphatic rings. The highest BCUT2D eigenvalue weighted by Crippen LogP contribution is 2.25. The molecule has 0 spiro atoms. The fourth-order valence-corrected chi connectivity index (χ4v) is 2.81. The van der Waals surface area contributed by atoms with Gasteiger partial charge in [-0.1, -0.05) is 12.1 Å². The molecule has 0 heterocycles. The van der Waals surface area contributed by atoms with Crippen LogP contribution < -0.4 is 0 Å². The van der Waals surface area contributed by atoms with Crippen LogP contribution in [0.25, 0.3) is 0 Å². The zero-order valence-electron chi connectivity index (χ0n) is 16.7. The summed E-state index contributed by atoms with van der Waals surface area (Å²) in [5.74, 6) is -1.46. The van der Waals surface area contributed by atoms with Gasteiger partial charge in [0, 0.05) is 20.1 Å². The van der Waals surface area contributed by atoms with Crippen LogP contribution in [-0.4, -0.2) is 32.1 Å². The normalized spacial score (nSPS) is 12.5. The number of hydrogen-bond acceptors (Lipinski definition) is 6. The van der Waals surface area contributed by atoms with Crippen LogP contribution >= 0.6 is 0 Å². The standard InChI is InChI=1S/C21H28N2O4/c1-21(2,3)27-19(24)16-11-9-15(10-12-16)7-6-8-18(17(13-22)14-23)20(25-4)26-5/h9-12,17-18,20H,6-8H2,1-5H3. The summed E-state index contributed by atoms with van der Waals surface area (Å²) in [6.07, 6.45) is 1.55. The van der Waals surface area contributed by atoms with E-state index in [1.807, 2.05) is 45.0 Å². The summed E-state index contributed by atoms with van der Waals surface area (Å²) in [6.45, 7) is 5.50. The zero-order valence-corrected chi connectivity index (χ0v) is 16.7. The van der Waals surface area contributed by atoms with Crippen LogP contribution in [0.1, 0.15) is 49.5 Å². The van der Waals surface area contributed by atoms with Crippen molar-refractivity contribution in [2.45, 2.75) is 51.9 Å². The van der Waals surface area contributed by atoms with Gasteiger partial charge in [-0.3, -0.25) is 0 Å². The molecule has 0 saturated carbocycles. The van der Waals surface area contributed by atoms with Crippen molar-refractivity contribution in [3.63, 3.8) is 0 Å². The molecule has 1 aromatic carbocycles. The Kier molecular flexibility index (Phi) is 8.94. The van der Waals surface area contributed by atoms with Gasteiger partial charge in [0.25, 0.3) is 0 Å². The average molecular weight is 372 g/mol. The van der Waals surface area contributed by atoms with Crippen molar-refractivity contribution in [1.29, 1.82) is 10.5 Å². The number of benzene rings is 1. The Morgan fingerprint density at radius 2 is 1.63 bits per heavy atom. The lowest BCUT2D eigenvalue weighted by Gasteiger charge is -2.25. The molecule has 146 valence electrons. The van der Waals surface area contributed by atoms with E-state index in [9.17, 15) is 15.3 Å². The lowest BCUT2D eigenvalue weighted by atomic mass is 9.88. The summed E-state index contributed by atoms with van der Waals surface area (Å²) in [5, 5.41) is 18.4. The highest BCUT2D eigenvalue weighted by Gasteiger charge is 2.29. The molecule has 0 saturated heterocycles. The second-order valence-electron chi connectivity index (χ2n) is 7.33. The number of aryl methyl sites for hydroxylation is 1. The van der Waals surface area contributed by atoms with Crippen molar-refractivity contribution in [3.8, 4) is 12.1 Å². The Morgan fingerprint density at radius 1 is 1.07 bits per heavy atom. The largest absolute Gasteiger partial charge is 0.456 e. The summed E-state index contributed by atoms with van der Waals surface area (Å²) in [6, 6.07) is 11.3. The SMILES string of the molecule is COC(OC)C(CCCc1ccc(C(=O)OC(C)(C)C)cc1)C(C#N)C#N. The number of carbonyl (C=O) groups is 1. The van der Waals surface area contributed by atoms with Gasteiger partial charge in [-0.05, 0) is 57.7 Å². The minimum Gasteiger partial charge on any atom is -0.456 e. The minimum absolute atomic E-state index is 0.323. The van der Waals surface area contributed by atoms with Crippen LogP contribution in [0.15, 0.2) is 24.3 Å². The van der Waals surface area contributed by atoms with Crippen molar-refractivity contribution in [3.05, 3.63) is 35.4 Å². The van der Waals surface area contributed by atoms with Gasteiger partial charge in [0.05, 0.1) is 17.7 Å². The fraction of sp³-hybridized carbons (Fsp3) is 0.571. The van der Waals surface area contributed by atoms with Gasteiger partial charge >= 0.3 is 5.97 Å². The number of nitriles is 2. The van der Waals surface area contributed by atoms with E-state index in [0.717, 1.165) is 18.4 Å². The number of carbonyl (C=O) groups excluding carboxylic acids is 1. The highest BCUT2D eigenvalue weighted by atomic mass is 16.7. The van der Waals surface area contributed by atoms with Crippen LogP contribution in [-0.2, 0) is 20.6 Å². The van der Waals surface area contributed by atoms with Crippen LogP contribution in [0.3, 0.4) is 0 Å². The maximum absolute atomic E-state index is 12.0. The van der Waals surface area contributed by atoms with E-state index < -0.39 is 17.8 Å². The van der Waals surface area contributed by atoms with Crippen molar-refractivity contribution in [2.24, 2.45) is 11.8 Å². The molecular formula is C21H28N2O4. The molecule has 1 aromatic rings. The topological polar surface area (TPSA) is 92.3 Å². The first-order valence-electron chi connectivity index (χ1n) is 8.92. The molecule has 1 rings (SSSR count). The third kappa shape index (κ3) is 7.38. The fourth-order valence-electron chi connectivity index (χ4n) is 2.81. The second-order valence-corrected chi connectivity index (χ2v) is 7.33. The van der Waals surface area contributed by atoms with E-state index in [-0.39, 0.29) is 11.9 Å². The summed E-state index contributed by atoms with van der Waals surface area (Å²) in [4.78, 5) is 12.0. The van der Waals surface area contributed by atoms with Gasteiger partial charge in [0.15, 0.2) is 6.29 Å². The van der Waals surface area contributed by atoms with Gasteiger partial charge < -0.3 is 14.2 Å². The number of esters is 1. The molecule has 6 nitrogen and oxygen atoms in total. The predicted octanol–water partition coefficient (Wildman–Crippen LogP) is 3.86. The van der Waals surface area contributed by atoms with Crippen LogP contribution in [0.5, 0.6) is 0 Å². The predicted molar refractivity (Wildman–Crippen MR) is 101 cm³/mol. The number of ether oxygens (including phenoxy) is 3. The van der Waals surface area contributed by atoms with Crippen molar-refractivity contribution in [2.75, 3.05) is 14.2 Å². The average Bonchev–Trinajstić information content (AvgIpc) is 2.62. The van der Waals surface area contributed by atoms with Gasteiger partial charge in [-0.2, -0.15) is 10.5 Å². The smallest absolute Gasteiger partial charge is 0.338 e. The van der Waals surface area contributed by atoms with Gasteiger partial charge in [0.2, 0.25) is 0 Å². The monoisotopic (exact) mass is 372 g/mol. The van der Waals surface area contributed by atoms with E-state index in [4.69, 9.17) is 14.2 Å². The van der Waals surface area contributed by atoms with Crippen LogP contribution in [0, 0.1) is 34.5 Å². The van der Waals surface area contributed by atoms with Crippen LogP contribution in [0.4, 0.5) is 0 Å². The third-order valence-electron chi connectivity index (χ3n) is 4.11. The van der Waals surface area contributed by atoms with Gasteiger partial charge in [0.1, 0.15) is 11.5 Å². The molecule has 0 aromatic heterocycles. The maximum Gasteiger partial charge on any atom is 0.338 e. The highest BCUT2D eigenvalue weighted by molar-refractivity contribution is 5.89. The van der Waals surface area contributed by atoms with E-state index in [2.05, 4.69) is 0 Å². The molecule has 0 aliphatic carbocycles. The van der Waals surface area contributed by atoms with Crippen LogP contribution in [0.2, 0.25) is 0 Å². The lowest BCUT2D eigenvalue weighted by Crippen LogP contribution is -2.30. The lowest BCUT2D eigenvalue weighted by molar-refractivity contribution is -0.143. The Hall–Kier alpha value is -2.41. The molecule has 0 bridgehead atoms. The van der Waals surface area contributed by atoms with Crippen molar-refractivity contribution < 1.29 is 19.0 Å². The molecule has 1 unspecified atom stereocenters. The first kappa shape index (κ1) is 22.6. The number of methoxy groups -OCH3 is 2. The Morgan fingerprint density at radius 3 is 2.07 bits per heavy atom. The van der Waals surface area contributed by atoms with Gasteiger partial charge in [-0.15, -0.1) is 0 Å². The van der Waals surface area contributed by atoms with E-state index in [1.165, 1.54) is 14.2 Å². The third-order valence-corrected chi connectivity index (χ3v) is 4.11. The molecule has 0 fully saturated rings. The summed E-state index contributed by atoms with van der Waals surface area (Å²) < 4.78 is 15.9. The molecule has 0 amide bonds. The molecule has 27 heavy (non-hydrogen) atoms. The summed E-state index contributed by atoms with van der Waals surface area (Å²) >= 11 is 0. The zero-order chi connectivity index (χ0) is 20.4. The quantitative estimate of drug-likeness (QED) is 0.483. The summed E-state index contributed by atoms with van der Waals surface area (Å²) in [7, 11) is 3.00. The second kappa shape index (κ2) is 10.7. The number of hydrogen-bond donors (Lipinski definition) is 0. The minimum atomic E-state index is -0.788. The maximum atomic E-state index is 12.0. The molecule has 0 N–H and O–H groups in total. The molecule has 0 aliphatic heterocycles. The molecule has 6 heteroatoms. The first-order valence-corrected chi connectivity index (χ1v) is 8.92. The van der Waals surface area contributed by atoms with E-state index >= 15 is 0 Å². The van der Waals surface area contributed by atoms with E-state index in [1.54, 1.807) is 12.1 Å². The van der Waals surface area contributed by atoms with Crippen molar-refractivity contribution >= 4 is 5.97 Å². The first-order chi connectivity index (χ1) is 12.8. The summed E-state index contributed by atoms with van der Waals surface area (Å²) in [5.41, 5.74) is 1.06. The number of nitrogens with zero attached hydrogens (tertiary/aromatic N) is 2. The van der Waals surface area contributed by atoms with E-state index in [0.29, 0.717) is 12.0 Å². The Labute approximate surface area is 161 Å². The van der Waals surface area contributed by atoms with Gasteiger partial charge in [-0.25, -0.2) is 4.79 Å².